The molecule has 0 aliphatic carbocycles. The van der Waals surface area contributed by atoms with E-state index < -0.39 is 6.10 Å². The Bertz CT molecular complexity index is 1380. The van der Waals surface area contributed by atoms with Gasteiger partial charge in [-0.2, -0.15) is 5.10 Å². The number of aromatic nitrogens is 7. The number of amides is 1. The second-order valence-electron chi connectivity index (χ2n) is 8.43. The summed E-state index contributed by atoms with van der Waals surface area (Å²) in [6.07, 6.45) is 5.38. The van der Waals surface area contributed by atoms with Crippen LogP contribution in [-0.2, 0) is 11.3 Å². The maximum absolute atomic E-state index is 12.2. The summed E-state index contributed by atoms with van der Waals surface area (Å²) >= 11 is 3.40. The van der Waals surface area contributed by atoms with Crippen LogP contribution in [0.15, 0.2) is 53.9 Å². The molecule has 35 heavy (non-hydrogen) atoms. The van der Waals surface area contributed by atoms with E-state index in [2.05, 4.69) is 42.8 Å². The van der Waals surface area contributed by atoms with Gasteiger partial charge in [0.05, 0.1) is 30.3 Å². The zero-order valence-electron chi connectivity index (χ0n) is 18.8. The van der Waals surface area contributed by atoms with Gasteiger partial charge < -0.3 is 15.7 Å². The van der Waals surface area contributed by atoms with Crippen molar-refractivity contribution in [2.75, 3.05) is 18.8 Å². The van der Waals surface area contributed by atoms with Gasteiger partial charge in [-0.25, -0.2) is 19.3 Å². The lowest BCUT2D eigenvalue weighted by atomic mass is 10.1. The molecule has 0 spiro atoms. The molecular formula is C23H24BrN9O2. The first-order valence-electron chi connectivity index (χ1n) is 11.2. The van der Waals surface area contributed by atoms with Gasteiger partial charge in [-0.1, -0.05) is 39.9 Å². The molecule has 0 unspecified atom stereocenters. The predicted molar refractivity (Wildman–Crippen MR) is 133 cm³/mol. The SMILES string of the molecule is C=CC(=O)N1CCC[C@@H](n2nc(-c3cn(C[C@H](O)c4ccc(Br)cc4)nn3)c3c(N)ncnc32)C1. The fourth-order valence-corrected chi connectivity index (χ4v) is 4.64. The highest BCUT2D eigenvalue weighted by Crippen LogP contribution is 2.33. The molecule has 180 valence electrons. The zero-order valence-corrected chi connectivity index (χ0v) is 20.4. The minimum Gasteiger partial charge on any atom is -0.386 e. The Kier molecular flexibility index (Phi) is 6.31. The van der Waals surface area contributed by atoms with Crippen molar-refractivity contribution in [3.05, 3.63) is 59.5 Å². The normalized spacial score (nSPS) is 17.0. The van der Waals surface area contributed by atoms with Crippen molar-refractivity contribution in [3.8, 4) is 11.4 Å². The molecule has 1 saturated heterocycles. The highest BCUT2D eigenvalue weighted by Gasteiger charge is 2.28. The van der Waals surface area contributed by atoms with Crippen molar-refractivity contribution in [2.45, 2.75) is 31.5 Å². The van der Waals surface area contributed by atoms with Crippen LogP contribution in [0.3, 0.4) is 0 Å². The van der Waals surface area contributed by atoms with Gasteiger partial charge in [0.2, 0.25) is 5.91 Å². The van der Waals surface area contributed by atoms with Gasteiger partial charge in [0.25, 0.3) is 0 Å². The molecule has 1 fully saturated rings. The molecular weight excluding hydrogens is 514 g/mol. The Morgan fingerprint density at radius 3 is 2.89 bits per heavy atom. The van der Waals surface area contributed by atoms with Crippen molar-refractivity contribution in [1.29, 1.82) is 0 Å². The number of aliphatic hydroxyl groups is 1. The van der Waals surface area contributed by atoms with Crippen LogP contribution < -0.4 is 5.73 Å². The lowest BCUT2D eigenvalue weighted by Gasteiger charge is -2.32. The molecule has 1 amide bonds. The number of hydrogen-bond acceptors (Lipinski definition) is 8. The molecule has 12 heteroatoms. The fourth-order valence-electron chi connectivity index (χ4n) is 4.38. The number of halogens is 1. The van der Waals surface area contributed by atoms with Gasteiger partial charge in [-0.05, 0) is 36.6 Å². The molecule has 11 nitrogen and oxygen atoms in total. The van der Waals surface area contributed by atoms with Gasteiger partial charge in [0.15, 0.2) is 5.65 Å². The minimum absolute atomic E-state index is 0.0764. The maximum atomic E-state index is 12.2. The quantitative estimate of drug-likeness (QED) is 0.357. The number of nitrogens with zero attached hydrogens (tertiary/aromatic N) is 8. The lowest BCUT2D eigenvalue weighted by molar-refractivity contribution is -0.127. The molecule has 3 aromatic heterocycles. The van der Waals surface area contributed by atoms with Crippen LogP contribution in [0.1, 0.15) is 30.6 Å². The molecule has 0 saturated carbocycles. The highest BCUT2D eigenvalue weighted by atomic mass is 79.9. The minimum atomic E-state index is -0.754. The summed E-state index contributed by atoms with van der Waals surface area (Å²) in [7, 11) is 0. The molecule has 0 radical (unpaired) electrons. The third-order valence-corrected chi connectivity index (χ3v) is 6.67. The standard InChI is InChI=1S/C23H24BrN9O2/c1-2-19(35)31-9-3-4-16(10-31)33-23-20(22(25)26-13-27-23)21(29-33)17-11-32(30-28-17)12-18(34)14-5-7-15(24)8-6-14/h2,5-8,11,13,16,18,34H,1,3-4,9-10,12H2,(H2,25,26,27)/t16-,18+/m1/s1. The second kappa shape index (κ2) is 9.55. The lowest BCUT2D eigenvalue weighted by Crippen LogP contribution is -2.40. The van der Waals surface area contributed by atoms with Gasteiger partial charge in [-0.15, -0.1) is 5.10 Å². The molecule has 4 heterocycles. The monoisotopic (exact) mass is 537 g/mol. The van der Waals surface area contributed by atoms with E-state index in [0.717, 1.165) is 22.9 Å². The van der Waals surface area contributed by atoms with Gasteiger partial charge in [0.1, 0.15) is 23.5 Å². The Morgan fingerprint density at radius 1 is 1.31 bits per heavy atom. The third kappa shape index (κ3) is 4.54. The van der Waals surface area contributed by atoms with E-state index in [1.54, 1.807) is 20.5 Å². The maximum Gasteiger partial charge on any atom is 0.246 e. The Morgan fingerprint density at radius 2 is 2.11 bits per heavy atom. The van der Waals surface area contributed by atoms with E-state index >= 15 is 0 Å². The first-order valence-corrected chi connectivity index (χ1v) is 12.0. The van der Waals surface area contributed by atoms with E-state index in [0.29, 0.717) is 35.5 Å². The van der Waals surface area contributed by atoms with Crippen LogP contribution in [0.2, 0.25) is 0 Å². The van der Waals surface area contributed by atoms with Crippen molar-refractivity contribution < 1.29 is 9.90 Å². The largest absolute Gasteiger partial charge is 0.386 e. The molecule has 2 atom stereocenters. The molecule has 4 aromatic rings. The highest BCUT2D eigenvalue weighted by molar-refractivity contribution is 9.10. The molecule has 5 rings (SSSR count). The van der Waals surface area contributed by atoms with E-state index in [1.807, 2.05) is 24.3 Å². The summed E-state index contributed by atoms with van der Waals surface area (Å²) in [6, 6.07) is 7.38. The average molecular weight is 538 g/mol. The van der Waals surface area contributed by atoms with Crippen molar-refractivity contribution in [2.24, 2.45) is 0 Å². The van der Waals surface area contributed by atoms with E-state index in [1.165, 1.54) is 12.4 Å². The summed E-state index contributed by atoms with van der Waals surface area (Å²) in [5.74, 6) is 0.184. The smallest absolute Gasteiger partial charge is 0.246 e. The Labute approximate surface area is 209 Å². The number of anilines is 1. The first kappa shape index (κ1) is 23.1. The number of nitrogen functional groups attached to an aromatic ring is 1. The number of aliphatic hydroxyl groups excluding tert-OH is 1. The number of carbonyl (C=O) groups excluding carboxylic acids is 1. The summed E-state index contributed by atoms with van der Waals surface area (Å²) in [5, 5.41) is 24.5. The van der Waals surface area contributed by atoms with Crippen LogP contribution in [0.4, 0.5) is 5.82 Å². The molecule has 1 aromatic carbocycles. The molecule has 1 aliphatic heterocycles. The summed E-state index contributed by atoms with van der Waals surface area (Å²) < 4.78 is 4.31. The van der Waals surface area contributed by atoms with Crippen LogP contribution in [0.25, 0.3) is 22.4 Å². The number of nitrogens with two attached hydrogens (primary N) is 1. The van der Waals surface area contributed by atoms with Crippen LogP contribution in [0, 0.1) is 0 Å². The van der Waals surface area contributed by atoms with E-state index in [4.69, 9.17) is 10.8 Å². The Hall–Kier alpha value is -3.64. The predicted octanol–water partition coefficient (Wildman–Crippen LogP) is 2.51. The van der Waals surface area contributed by atoms with E-state index in [9.17, 15) is 9.90 Å². The number of carbonyl (C=O) groups is 1. The average Bonchev–Trinajstić information content (AvgIpc) is 3.49. The number of likely N-dealkylation sites (tertiary alicyclic amines) is 1. The molecule has 0 bridgehead atoms. The zero-order chi connectivity index (χ0) is 24.5. The van der Waals surface area contributed by atoms with Crippen LogP contribution >= 0.6 is 15.9 Å². The molecule has 3 N–H and O–H groups in total. The van der Waals surface area contributed by atoms with Crippen molar-refractivity contribution >= 4 is 38.7 Å². The first-order chi connectivity index (χ1) is 16.9. The number of benzene rings is 1. The molecule has 1 aliphatic rings. The number of rotatable bonds is 6. The summed E-state index contributed by atoms with van der Waals surface area (Å²) in [4.78, 5) is 22.5. The second-order valence-corrected chi connectivity index (χ2v) is 9.34. The van der Waals surface area contributed by atoms with Crippen LogP contribution in [-0.4, -0.2) is 63.7 Å². The van der Waals surface area contributed by atoms with Crippen molar-refractivity contribution in [1.82, 2.24) is 39.6 Å². The van der Waals surface area contributed by atoms with Gasteiger partial charge >= 0.3 is 0 Å². The fraction of sp³-hybridized carbons (Fsp3) is 0.304. The number of piperidine rings is 1. The van der Waals surface area contributed by atoms with Gasteiger partial charge in [0, 0.05) is 17.6 Å². The summed E-state index contributed by atoms with van der Waals surface area (Å²) in [6.45, 7) is 5.00. The Balaban J connectivity index is 1.46. The third-order valence-electron chi connectivity index (χ3n) is 6.14. The van der Waals surface area contributed by atoms with Crippen LogP contribution in [0.5, 0.6) is 0 Å². The topological polar surface area (TPSA) is 141 Å². The summed E-state index contributed by atoms with van der Waals surface area (Å²) in [5.41, 5.74) is 8.58. The van der Waals surface area contributed by atoms with Crippen molar-refractivity contribution in [3.63, 3.8) is 0 Å². The number of fused-ring (bicyclic) bond motifs is 1. The van der Waals surface area contributed by atoms with E-state index in [-0.39, 0.29) is 24.3 Å². The van der Waals surface area contributed by atoms with Gasteiger partial charge in [-0.3, -0.25) is 4.79 Å². The number of hydrogen-bond donors (Lipinski definition) is 2.